The van der Waals surface area contributed by atoms with Crippen LogP contribution in [0.5, 0.6) is 5.75 Å². The normalized spacial score (nSPS) is 25.1. The van der Waals surface area contributed by atoms with Crippen LogP contribution in [0, 0.1) is 11.3 Å². The fraction of sp³-hybridized carbons (Fsp3) is 0.500. The first kappa shape index (κ1) is 18.5. The topological polar surface area (TPSA) is 108 Å². The van der Waals surface area contributed by atoms with Gasteiger partial charge in [0.15, 0.2) is 0 Å². The van der Waals surface area contributed by atoms with E-state index in [1.54, 1.807) is 17.0 Å². The summed E-state index contributed by atoms with van der Waals surface area (Å²) >= 11 is 6.09. The van der Waals surface area contributed by atoms with E-state index >= 15 is 0 Å². The Morgan fingerprint density at radius 2 is 2.19 bits per heavy atom. The first-order chi connectivity index (χ1) is 12.5. The molecular formula is C18H21ClN4O3. The molecule has 2 aliphatic heterocycles. The smallest absolute Gasteiger partial charge is 0.248 e. The number of benzene rings is 1. The highest BCUT2D eigenvalue weighted by Crippen LogP contribution is 2.27. The van der Waals surface area contributed by atoms with Gasteiger partial charge in [-0.25, -0.2) is 0 Å². The number of carbonyl (C=O) groups is 2. The van der Waals surface area contributed by atoms with Crippen molar-refractivity contribution in [3.63, 3.8) is 0 Å². The van der Waals surface area contributed by atoms with Crippen LogP contribution in [0.3, 0.4) is 0 Å². The van der Waals surface area contributed by atoms with Gasteiger partial charge in [0, 0.05) is 18.2 Å². The summed E-state index contributed by atoms with van der Waals surface area (Å²) in [6.07, 6.45) is 3.11. The van der Waals surface area contributed by atoms with Crippen LogP contribution in [0.2, 0.25) is 5.02 Å². The van der Waals surface area contributed by atoms with E-state index in [1.807, 2.05) is 0 Å². The third-order valence-electron chi connectivity index (χ3n) is 4.88. The molecule has 3 atom stereocenters. The van der Waals surface area contributed by atoms with Crippen molar-refractivity contribution in [3.8, 4) is 11.8 Å². The molecule has 1 aromatic carbocycles. The van der Waals surface area contributed by atoms with Gasteiger partial charge in [0.25, 0.3) is 0 Å². The third-order valence-corrected chi connectivity index (χ3v) is 5.19. The fourth-order valence-electron chi connectivity index (χ4n) is 3.47. The zero-order valence-corrected chi connectivity index (χ0v) is 15.0. The second-order valence-corrected chi connectivity index (χ2v) is 7.04. The van der Waals surface area contributed by atoms with Crippen LogP contribution in [-0.2, 0) is 4.79 Å². The molecule has 0 aromatic heterocycles. The number of rotatable bonds is 5. The van der Waals surface area contributed by atoms with E-state index < -0.39 is 5.91 Å². The number of nitrogens with one attached hydrogen (secondary N) is 1. The minimum absolute atomic E-state index is 0.000361. The number of ether oxygens (including phenoxy) is 1. The molecule has 7 nitrogen and oxygen atoms in total. The van der Waals surface area contributed by atoms with Crippen molar-refractivity contribution in [2.75, 3.05) is 13.2 Å². The van der Waals surface area contributed by atoms with Gasteiger partial charge in [-0.05, 0) is 43.9 Å². The van der Waals surface area contributed by atoms with Crippen LogP contribution < -0.4 is 15.8 Å². The average molecular weight is 377 g/mol. The third kappa shape index (κ3) is 3.92. The van der Waals surface area contributed by atoms with E-state index in [1.165, 1.54) is 6.07 Å². The molecule has 8 heteroatoms. The van der Waals surface area contributed by atoms with Crippen molar-refractivity contribution in [3.05, 3.63) is 28.8 Å². The Bertz CT molecular complexity index is 748. The maximum Gasteiger partial charge on any atom is 0.248 e. The number of likely N-dealkylation sites (tertiary alicyclic amines) is 1. The molecule has 1 aromatic rings. The van der Waals surface area contributed by atoms with Crippen molar-refractivity contribution < 1.29 is 14.3 Å². The highest BCUT2D eigenvalue weighted by atomic mass is 35.5. The van der Waals surface area contributed by atoms with Gasteiger partial charge in [-0.15, -0.1) is 0 Å². The molecule has 0 saturated carbocycles. The molecule has 2 fully saturated rings. The van der Waals surface area contributed by atoms with Crippen molar-refractivity contribution in [2.24, 2.45) is 5.73 Å². The molecular weight excluding hydrogens is 356 g/mol. The number of nitrogens with zero attached hydrogens (tertiary/aromatic N) is 2. The van der Waals surface area contributed by atoms with E-state index in [4.69, 9.17) is 27.3 Å². The van der Waals surface area contributed by atoms with E-state index in [-0.39, 0.29) is 24.0 Å². The molecule has 138 valence electrons. The van der Waals surface area contributed by atoms with Crippen molar-refractivity contribution in [1.29, 1.82) is 5.26 Å². The maximum absolute atomic E-state index is 12.6. The number of hydrogen-bond acceptors (Lipinski definition) is 5. The van der Waals surface area contributed by atoms with Gasteiger partial charge in [0.05, 0.1) is 17.1 Å². The predicted molar refractivity (Wildman–Crippen MR) is 95.8 cm³/mol. The number of nitrogens with two attached hydrogens (primary N) is 1. The number of carbonyl (C=O) groups excluding carboxylic acids is 2. The molecule has 2 aliphatic rings. The second-order valence-electron chi connectivity index (χ2n) is 6.63. The van der Waals surface area contributed by atoms with Crippen molar-refractivity contribution in [1.82, 2.24) is 10.2 Å². The second kappa shape index (κ2) is 7.94. The van der Waals surface area contributed by atoms with Gasteiger partial charge in [0.2, 0.25) is 11.8 Å². The molecule has 3 N–H and O–H groups in total. The molecule has 2 heterocycles. The molecule has 0 spiro atoms. The van der Waals surface area contributed by atoms with Crippen LogP contribution in [0.15, 0.2) is 18.2 Å². The molecule has 2 amide bonds. The molecule has 26 heavy (non-hydrogen) atoms. The van der Waals surface area contributed by atoms with Gasteiger partial charge in [-0.2, -0.15) is 5.26 Å². The van der Waals surface area contributed by atoms with Crippen LogP contribution in [0.4, 0.5) is 0 Å². The van der Waals surface area contributed by atoms with Crippen molar-refractivity contribution >= 4 is 23.4 Å². The lowest BCUT2D eigenvalue weighted by molar-refractivity contribution is -0.133. The lowest BCUT2D eigenvalue weighted by Gasteiger charge is -2.24. The SMILES string of the molecule is N#C[C@@H]1CCCN1C(=O)[C@@H]1CC[C@H](COc2cc(C(N)=O)ccc2Cl)N1. The Hall–Kier alpha value is -2.30. The number of primary amides is 1. The first-order valence-corrected chi connectivity index (χ1v) is 9.05. The number of amides is 2. The summed E-state index contributed by atoms with van der Waals surface area (Å²) in [6, 6.07) is 6.23. The van der Waals surface area contributed by atoms with Gasteiger partial charge in [0.1, 0.15) is 18.4 Å². The summed E-state index contributed by atoms with van der Waals surface area (Å²) in [5, 5.41) is 12.8. The Morgan fingerprint density at radius 1 is 1.38 bits per heavy atom. The molecule has 0 radical (unpaired) electrons. The largest absolute Gasteiger partial charge is 0.490 e. The van der Waals surface area contributed by atoms with Gasteiger partial charge in [-0.1, -0.05) is 11.6 Å². The van der Waals surface area contributed by atoms with E-state index in [0.29, 0.717) is 35.9 Å². The molecule has 3 rings (SSSR count). The van der Waals surface area contributed by atoms with Gasteiger partial charge < -0.3 is 15.4 Å². The Labute approximate surface area is 157 Å². The van der Waals surface area contributed by atoms with Crippen LogP contribution in [-0.4, -0.2) is 48.0 Å². The summed E-state index contributed by atoms with van der Waals surface area (Å²) in [5.41, 5.74) is 5.60. The molecule has 0 bridgehead atoms. The zero-order chi connectivity index (χ0) is 18.7. The van der Waals surface area contributed by atoms with Gasteiger partial charge >= 0.3 is 0 Å². The maximum atomic E-state index is 12.6. The first-order valence-electron chi connectivity index (χ1n) is 8.68. The summed E-state index contributed by atoms with van der Waals surface area (Å²) in [4.78, 5) is 25.6. The molecule has 0 unspecified atom stereocenters. The minimum atomic E-state index is -0.547. The molecule has 0 aliphatic carbocycles. The average Bonchev–Trinajstić information content (AvgIpc) is 3.29. The lowest BCUT2D eigenvalue weighted by atomic mass is 10.1. The summed E-state index contributed by atoms with van der Waals surface area (Å²) < 4.78 is 5.73. The van der Waals surface area contributed by atoms with Crippen molar-refractivity contribution in [2.45, 2.75) is 43.8 Å². The van der Waals surface area contributed by atoms with Crippen LogP contribution in [0.25, 0.3) is 0 Å². The number of hydrogen-bond donors (Lipinski definition) is 2. The Balaban J connectivity index is 1.55. The Kier molecular flexibility index (Phi) is 5.64. The summed E-state index contributed by atoms with van der Waals surface area (Å²) in [7, 11) is 0. The van der Waals surface area contributed by atoms with E-state index in [9.17, 15) is 9.59 Å². The van der Waals surface area contributed by atoms with Crippen LogP contribution >= 0.6 is 11.6 Å². The molecule has 2 saturated heterocycles. The van der Waals surface area contributed by atoms with E-state index in [2.05, 4.69) is 11.4 Å². The quantitative estimate of drug-likeness (QED) is 0.808. The summed E-state index contributed by atoms with van der Waals surface area (Å²) in [6.45, 7) is 0.972. The van der Waals surface area contributed by atoms with Gasteiger partial charge in [-0.3, -0.25) is 14.9 Å². The number of nitriles is 1. The van der Waals surface area contributed by atoms with E-state index in [0.717, 1.165) is 19.3 Å². The highest BCUT2D eigenvalue weighted by molar-refractivity contribution is 6.32. The monoisotopic (exact) mass is 376 g/mol. The highest BCUT2D eigenvalue weighted by Gasteiger charge is 2.36. The zero-order valence-electron chi connectivity index (χ0n) is 14.3. The van der Waals surface area contributed by atoms with Crippen LogP contribution in [0.1, 0.15) is 36.0 Å². The number of halogens is 1. The lowest BCUT2D eigenvalue weighted by Crippen LogP contribution is -2.47. The Morgan fingerprint density at radius 3 is 2.92 bits per heavy atom. The predicted octanol–water partition coefficient (Wildman–Crippen LogP) is 1.45. The standard InChI is InChI=1S/C18H21ClN4O3/c19-14-5-3-11(17(21)24)8-16(14)26-10-12-4-6-15(22-12)18(25)23-7-1-2-13(23)9-20/h3,5,8,12-13,15,22H,1-2,4,6-7,10H2,(H2,21,24)/t12-,13+,15+/m1/s1. The minimum Gasteiger partial charge on any atom is -0.490 e. The fourth-order valence-corrected chi connectivity index (χ4v) is 3.64. The summed E-state index contributed by atoms with van der Waals surface area (Å²) in [5.74, 6) is -0.164.